The van der Waals surface area contributed by atoms with Gasteiger partial charge in [-0.15, -0.1) is 0 Å². The fraction of sp³-hybridized carbons (Fsp3) is 0.939. The minimum Gasteiger partial charge on any atom is -0.462 e. The van der Waals surface area contributed by atoms with Crippen LogP contribution in [0.2, 0.25) is 0 Å². The fourth-order valence-corrected chi connectivity index (χ4v) is 15.0. The van der Waals surface area contributed by atoms with E-state index in [0.717, 1.165) is 154 Å². The number of ether oxygens (including phenoxy) is 6. The van der Waals surface area contributed by atoms with E-state index in [2.05, 4.69) is 45.3 Å². The van der Waals surface area contributed by atoms with Crippen LogP contribution in [0, 0.1) is 0 Å². The van der Waals surface area contributed by atoms with Crippen molar-refractivity contribution in [3.05, 3.63) is 0 Å². The number of rotatable bonds is 71. The first kappa shape index (κ1) is 101. The van der Waals surface area contributed by atoms with E-state index in [1.807, 2.05) is 0 Å². The first-order valence-electron chi connectivity index (χ1n) is 43.0. The van der Waals surface area contributed by atoms with E-state index < -0.39 is 143 Å². The molecule has 2 saturated heterocycles. The molecule has 2 aliphatic rings. The number of hydrogen-bond donors (Lipinski definition) is 10. The van der Waals surface area contributed by atoms with Crippen molar-refractivity contribution in [1.82, 2.24) is 16.8 Å². The highest BCUT2D eigenvalue weighted by molar-refractivity contribution is 7.46. The van der Waals surface area contributed by atoms with Crippen LogP contribution in [0.15, 0.2) is 0 Å². The quantitative estimate of drug-likeness (QED) is 0.0117. The summed E-state index contributed by atoms with van der Waals surface area (Å²) in [6, 6.07) is -3.31. The number of aliphatic hydroxyl groups excluding tert-OH is 5. The number of carbonyl (C=O) groups is 5. The van der Waals surface area contributed by atoms with Crippen LogP contribution in [0.1, 0.15) is 401 Å². The number of phosphoric acid groups is 1. The van der Waals surface area contributed by atoms with Gasteiger partial charge in [0, 0.05) is 12.8 Å². The first-order chi connectivity index (χ1) is 50.8. The van der Waals surface area contributed by atoms with Crippen molar-refractivity contribution >= 4 is 37.5 Å². The number of carbonyl (C=O) groups excluding carboxylic acids is 5. The number of quaternary nitrogens is 1. The summed E-state index contributed by atoms with van der Waals surface area (Å²) in [6.07, 6.45) is 34.5. The maximum atomic E-state index is 14.8. The van der Waals surface area contributed by atoms with E-state index in [1.165, 1.54) is 128 Å². The molecule has 0 aromatic carbocycles. The van der Waals surface area contributed by atoms with Crippen molar-refractivity contribution in [2.24, 2.45) is 0 Å². The molecule has 0 radical (unpaired) electrons. The number of amides is 2. The number of aliphatic hydroxyl groups is 5. The fourth-order valence-electron chi connectivity index (χ4n) is 14.4. The van der Waals surface area contributed by atoms with Gasteiger partial charge < -0.3 is 80.5 Å². The zero-order valence-electron chi connectivity index (χ0n) is 67.6. The lowest BCUT2D eigenvalue weighted by atomic mass is 9.95. The van der Waals surface area contributed by atoms with Gasteiger partial charge >= 0.3 is 25.7 Å². The molecule has 2 fully saturated rings. The van der Waals surface area contributed by atoms with E-state index >= 15 is 0 Å². The summed E-state index contributed by atoms with van der Waals surface area (Å²) in [5.41, 5.74) is 0. The van der Waals surface area contributed by atoms with Crippen LogP contribution in [0.4, 0.5) is 0 Å². The Balaban J connectivity index is 0.0000562. The molecule has 0 aromatic rings. The van der Waals surface area contributed by atoms with E-state index in [1.54, 1.807) is 0 Å². The zero-order valence-corrected chi connectivity index (χ0v) is 68.5. The molecule has 2 aliphatic heterocycles. The molecule has 23 nitrogen and oxygen atoms in total. The van der Waals surface area contributed by atoms with Gasteiger partial charge in [-0.1, -0.05) is 324 Å². The first-order valence-corrected chi connectivity index (χ1v) is 44.5. The van der Waals surface area contributed by atoms with Crippen LogP contribution in [0.5, 0.6) is 0 Å². The third-order valence-corrected chi connectivity index (χ3v) is 21.4. The van der Waals surface area contributed by atoms with Crippen LogP contribution in [-0.2, 0) is 61.5 Å². The van der Waals surface area contributed by atoms with Crippen molar-refractivity contribution in [2.75, 3.05) is 13.2 Å². The average Bonchev–Trinajstić information content (AvgIpc) is 0.771. The lowest BCUT2D eigenvalue weighted by Crippen LogP contribution is -2.67. The van der Waals surface area contributed by atoms with Gasteiger partial charge in [0.25, 0.3) is 0 Å². The molecule has 2 heterocycles. The van der Waals surface area contributed by atoms with Crippen molar-refractivity contribution in [3.8, 4) is 0 Å². The van der Waals surface area contributed by atoms with Gasteiger partial charge in [0.05, 0.1) is 38.6 Å². The van der Waals surface area contributed by atoms with E-state index in [9.17, 15) is 63.9 Å². The predicted octanol–water partition coefficient (Wildman–Crippen LogP) is 17.4. The van der Waals surface area contributed by atoms with Gasteiger partial charge in [-0.2, -0.15) is 0 Å². The second-order valence-electron chi connectivity index (χ2n) is 30.7. The Morgan fingerprint density at radius 2 is 0.745 bits per heavy atom. The molecule has 13 N–H and O–H groups in total. The lowest BCUT2D eigenvalue weighted by molar-refractivity contribution is -0.297. The largest absolute Gasteiger partial charge is 0.470 e. The van der Waals surface area contributed by atoms with Crippen molar-refractivity contribution in [3.63, 3.8) is 0 Å². The van der Waals surface area contributed by atoms with Gasteiger partial charge in [-0.05, 0) is 44.9 Å². The Kier molecular flexibility index (Phi) is 63.6. The van der Waals surface area contributed by atoms with Crippen LogP contribution in [-0.4, -0.2) is 158 Å². The van der Waals surface area contributed by atoms with Crippen molar-refractivity contribution in [2.45, 2.75) is 480 Å². The van der Waals surface area contributed by atoms with Crippen LogP contribution in [0.25, 0.3) is 0 Å². The topological polar surface area (TPSA) is 369 Å². The summed E-state index contributed by atoms with van der Waals surface area (Å²) in [5.74, 6) is -3.45. The SMILES string of the molecule is CCCCCCCCCCCCCC(=O)O[C@H](CCCCCCCCCCC)CC(=O)NC1[C@H](OCC2O[C@H](O)C(NC(=O)C[C@H](O)CCCCCCCCCCC)[C@@H](O)[C@@H]2O)OC(CO)[C@@H](OP(=O)(O)O)[C@@H]1OC(=O)C[C@@H](CCCCCCCCCCC)OC(=O)CCCCCCCCCCCCC.[NH4+]. The molecular formula is C82H159N3O20P+. The van der Waals surface area contributed by atoms with Crippen LogP contribution in [0.3, 0.4) is 0 Å². The van der Waals surface area contributed by atoms with E-state index in [4.69, 9.17) is 32.9 Å². The summed E-state index contributed by atoms with van der Waals surface area (Å²) in [7, 11) is -5.56. The number of nitrogens with one attached hydrogen (secondary N) is 2. The van der Waals surface area contributed by atoms with Crippen molar-refractivity contribution < 1.29 is 96.8 Å². The summed E-state index contributed by atoms with van der Waals surface area (Å²) in [6.45, 7) is 9.19. The number of hydrogen-bond acceptors (Lipinski definition) is 18. The molecule has 0 aliphatic carbocycles. The smallest absolute Gasteiger partial charge is 0.462 e. The Bertz CT molecular complexity index is 2190. The highest BCUT2D eigenvalue weighted by Crippen LogP contribution is 2.43. The molecule has 0 spiro atoms. The van der Waals surface area contributed by atoms with E-state index in [0.29, 0.717) is 51.4 Å². The molecule has 0 aromatic heterocycles. The maximum Gasteiger partial charge on any atom is 0.470 e. The Morgan fingerprint density at radius 3 is 1.12 bits per heavy atom. The highest BCUT2D eigenvalue weighted by Gasteiger charge is 2.53. The molecule has 626 valence electrons. The molecular weight excluding hydrogens is 1380 g/mol. The Hall–Kier alpha value is -2.90. The average molecular weight is 1540 g/mol. The highest BCUT2D eigenvalue weighted by atomic mass is 31.2. The summed E-state index contributed by atoms with van der Waals surface area (Å²) in [5, 5.41) is 61.3. The maximum absolute atomic E-state index is 14.8. The second-order valence-corrected chi connectivity index (χ2v) is 31.9. The minimum atomic E-state index is -5.56. The van der Waals surface area contributed by atoms with Gasteiger partial charge in [-0.25, -0.2) is 4.57 Å². The molecule has 2 rings (SSSR count). The van der Waals surface area contributed by atoms with Crippen LogP contribution < -0.4 is 16.8 Å². The Morgan fingerprint density at radius 1 is 0.406 bits per heavy atom. The lowest BCUT2D eigenvalue weighted by Gasteiger charge is -2.46. The molecule has 0 saturated carbocycles. The summed E-state index contributed by atoms with van der Waals surface area (Å²) >= 11 is 0. The molecule has 0 bridgehead atoms. The van der Waals surface area contributed by atoms with E-state index in [-0.39, 0.29) is 25.4 Å². The third kappa shape index (κ3) is 51.6. The summed E-state index contributed by atoms with van der Waals surface area (Å²) in [4.78, 5) is 91.0. The number of phosphoric ester groups is 1. The van der Waals surface area contributed by atoms with Gasteiger partial charge in [-0.3, -0.25) is 28.5 Å². The molecule has 24 heteroatoms. The summed E-state index contributed by atoms with van der Waals surface area (Å²) < 4.78 is 54.8. The zero-order chi connectivity index (χ0) is 77.0. The van der Waals surface area contributed by atoms with Gasteiger partial charge in [0.2, 0.25) is 11.8 Å². The normalized spacial score (nSPS) is 21.2. The third-order valence-electron chi connectivity index (χ3n) is 20.8. The monoisotopic (exact) mass is 1540 g/mol. The molecule has 106 heavy (non-hydrogen) atoms. The number of esters is 3. The number of unbranched alkanes of at least 4 members (excludes halogenated alkanes) is 44. The molecule has 2 amide bonds. The standard InChI is InChI=1S/C82H155N2O20P.H3N/c1-6-11-16-21-26-31-33-38-43-48-53-58-72(89)99-66(56-51-46-41-36-29-24-19-14-9-4)61-71(88)84-76-80(103-74(91)62-67(57-52-47-42-37-30-25-20-15-10-5)100-73(90)59-54-49-44-39-34-32-27-22-17-12-7-2)79(104-105(95,96)97)68(63-85)102-82(76)98-64-69-77(92)78(93)75(81(94)101-69)83-70(87)60-65(86)55-50-45-40-35-28-23-18-13-8-3;/h65-69,75-82,85-86,92-94H,6-64H2,1-5H3,(H,83,87)(H,84,88)(H2,95,96,97);1H3/p+1/t65-,66-,67-,68?,69?,75?,76?,77-,78-,79-,80-,81+,82-;/m1./s1. The minimum absolute atomic E-state index is 0. The Labute approximate surface area is 641 Å². The molecule has 13 atom stereocenters. The van der Waals surface area contributed by atoms with Gasteiger partial charge in [0.1, 0.15) is 54.8 Å². The molecule has 4 unspecified atom stereocenters. The van der Waals surface area contributed by atoms with Crippen LogP contribution >= 0.6 is 7.82 Å². The van der Waals surface area contributed by atoms with Crippen molar-refractivity contribution in [1.29, 1.82) is 0 Å². The second kappa shape index (κ2) is 66.7. The predicted molar refractivity (Wildman–Crippen MR) is 419 cm³/mol. The van der Waals surface area contributed by atoms with Gasteiger partial charge in [0.15, 0.2) is 18.7 Å².